The molecule has 0 saturated carbocycles. The number of rotatable bonds is 4. The maximum atomic E-state index is 4.91. The Hall–Kier alpha value is -2.93. The van der Waals surface area contributed by atoms with E-state index in [4.69, 9.17) is 9.97 Å². The SMILES string of the molecule is CN(Cc1cnccn1)c1nc(-c2ccncc2)nc2c1CCNCC2. The van der Waals surface area contributed by atoms with Crippen molar-refractivity contribution in [1.82, 2.24) is 30.2 Å². The summed E-state index contributed by atoms with van der Waals surface area (Å²) in [6.07, 6.45) is 10.6. The van der Waals surface area contributed by atoms with Crippen LogP contribution in [-0.2, 0) is 19.4 Å². The highest BCUT2D eigenvalue weighted by molar-refractivity contribution is 5.60. The number of anilines is 1. The van der Waals surface area contributed by atoms with Crippen molar-refractivity contribution in [2.45, 2.75) is 19.4 Å². The Morgan fingerprint density at radius 3 is 2.65 bits per heavy atom. The summed E-state index contributed by atoms with van der Waals surface area (Å²) in [5.74, 6) is 1.71. The topological polar surface area (TPSA) is 79.7 Å². The summed E-state index contributed by atoms with van der Waals surface area (Å²) >= 11 is 0. The molecule has 0 bridgehead atoms. The molecule has 26 heavy (non-hydrogen) atoms. The summed E-state index contributed by atoms with van der Waals surface area (Å²) in [5.41, 5.74) is 4.24. The molecule has 0 spiro atoms. The molecule has 1 N–H and O–H groups in total. The Balaban J connectivity index is 1.76. The molecule has 3 aromatic rings. The van der Waals surface area contributed by atoms with Crippen molar-refractivity contribution in [1.29, 1.82) is 0 Å². The lowest BCUT2D eigenvalue weighted by Crippen LogP contribution is -2.22. The fraction of sp³-hybridized carbons (Fsp3) is 0.316. The number of nitrogens with zero attached hydrogens (tertiary/aromatic N) is 6. The Morgan fingerprint density at radius 2 is 1.85 bits per heavy atom. The van der Waals surface area contributed by atoms with E-state index < -0.39 is 0 Å². The highest BCUT2D eigenvalue weighted by Gasteiger charge is 2.20. The van der Waals surface area contributed by atoms with Crippen molar-refractivity contribution in [3.05, 3.63) is 60.1 Å². The minimum Gasteiger partial charge on any atom is -0.353 e. The van der Waals surface area contributed by atoms with Crippen LogP contribution in [0, 0.1) is 0 Å². The lowest BCUT2D eigenvalue weighted by molar-refractivity contribution is 0.708. The number of fused-ring (bicyclic) bond motifs is 1. The Morgan fingerprint density at radius 1 is 1.00 bits per heavy atom. The molecule has 1 aliphatic heterocycles. The van der Waals surface area contributed by atoms with Gasteiger partial charge in [0.2, 0.25) is 0 Å². The molecular formula is C19H21N7. The van der Waals surface area contributed by atoms with E-state index in [-0.39, 0.29) is 0 Å². The molecule has 1 aliphatic rings. The Bertz CT molecular complexity index is 868. The summed E-state index contributed by atoms with van der Waals surface area (Å²) in [6.45, 7) is 2.53. The van der Waals surface area contributed by atoms with Gasteiger partial charge in [0.1, 0.15) is 5.82 Å². The van der Waals surface area contributed by atoms with E-state index in [1.165, 1.54) is 5.56 Å². The van der Waals surface area contributed by atoms with Crippen LogP contribution in [0.25, 0.3) is 11.4 Å². The second kappa shape index (κ2) is 7.53. The van der Waals surface area contributed by atoms with E-state index in [2.05, 4.69) is 25.2 Å². The molecule has 0 unspecified atom stereocenters. The van der Waals surface area contributed by atoms with E-state index in [1.807, 2.05) is 19.2 Å². The van der Waals surface area contributed by atoms with Crippen LogP contribution < -0.4 is 10.2 Å². The average molecular weight is 347 g/mol. The van der Waals surface area contributed by atoms with E-state index >= 15 is 0 Å². The molecule has 0 aliphatic carbocycles. The number of hydrogen-bond donors (Lipinski definition) is 1. The van der Waals surface area contributed by atoms with Crippen molar-refractivity contribution >= 4 is 5.82 Å². The molecular weight excluding hydrogens is 326 g/mol. The Labute approximate surface area is 152 Å². The maximum Gasteiger partial charge on any atom is 0.161 e. The monoisotopic (exact) mass is 347 g/mol. The highest BCUT2D eigenvalue weighted by Crippen LogP contribution is 2.27. The van der Waals surface area contributed by atoms with E-state index in [0.717, 1.165) is 54.5 Å². The molecule has 0 amide bonds. The third-order valence-electron chi connectivity index (χ3n) is 4.48. The van der Waals surface area contributed by atoms with Gasteiger partial charge in [0.15, 0.2) is 5.82 Å². The van der Waals surface area contributed by atoms with Crippen LogP contribution in [0.4, 0.5) is 5.82 Å². The van der Waals surface area contributed by atoms with Gasteiger partial charge < -0.3 is 10.2 Å². The number of pyridine rings is 1. The molecule has 4 heterocycles. The van der Waals surface area contributed by atoms with Gasteiger partial charge in [0, 0.05) is 55.9 Å². The van der Waals surface area contributed by atoms with Crippen molar-refractivity contribution in [3.8, 4) is 11.4 Å². The third-order valence-corrected chi connectivity index (χ3v) is 4.48. The minimum absolute atomic E-state index is 0.653. The standard InChI is InChI=1S/C19H21N7/c1-26(13-15-12-22-10-11-23-15)19-16-4-8-21-9-5-17(16)24-18(25-19)14-2-6-20-7-3-14/h2-3,6-7,10-12,21H,4-5,8-9,13H2,1H3. The number of nitrogens with one attached hydrogen (secondary N) is 1. The van der Waals surface area contributed by atoms with E-state index in [1.54, 1.807) is 31.0 Å². The largest absolute Gasteiger partial charge is 0.353 e. The van der Waals surface area contributed by atoms with E-state index in [9.17, 15) is 0 Å². The van der Waals surface area contributed by atoms with Gasteiger partial charge in [-0.3, -0.25) is 15.0 Å². The number of aromatic nitrogens is 5. The third kappa shape index (κ3) is 3.52. The predicted octanol–water partition coefficient (Wildman–Crippen LogP) is 1.65. The van der Waals surface area contributed by atoms with Crippen molar-refractivity contribution in [3.63, 3.8) is 0 Å². The van der Waals surface area contributed by atoms with Crippen LogP contribution in [0.5, 0.6) is 0 Å². The molecule has 3 aromatic heterocycles. The van der Waals surface area contributed by atoms with E-state index in [0.29, 0.717) is 6.54 Å². The van der Waals surface area contributed by atoms with Gasteiger partial charge >= 0.3 is 0 Å². The molecule has 0 atom stereocenters. The van der Waals surface area contributed by atoms with Gasteiger partial charge in [-0.2, -0.15) is 0 Å². The minimum atomic E-state index is 0.653. The highest BCUT2D eigenvalue weighted by atomic mass is 15.2. The van der Waals surface area contributed by atoms with Gasteiger partial charge in [-0.15, -0.1) is 0 Å². The molecule has 132 valence electrons. The van der Waals surface area contributed by atoms with Crippen LogP contribution in [0.3, 0.4) is 0 Å². The number of hydrogen-bond acceptors (Lipinski definition) is 7. The first-order chi connectivity index (χ1) is 12.8. The van der Waals surface area contributed by atoms with Gasteiger partial charge in [-0.05, 0) is 25.1 Å². The summed E-state index contributed by atoms with van der Waals surface area (Å²) in [6, 6.07) is 3.90. The molecule has 4 rings (SSSR count). The molecule has 7 heteroatoms. The van der Waals surface area contributed by atoms with Crippen molar-refractivity contribution < 1.29 is 0 Å². The van der Waals surface area contributed by atoms with Gasteiger partial charge in [-0.25, -0.2) is 9.97 Å². The molecule has 0 radical (unpaired) electrons. The summed E-state index contributed by atoms with van der Waals surface area (Å²) < 4.78 is 0. The lowest BCUT2D eigenvalue weighted by Gasteiger charge is -2.22. The first-order valence-corrected chi connectivity index (χ1v) is 8.78. The first-order valence-electron chi connectivity index (χ1n) is 8.78. The molecule has 0 saturated heterocycles. The molecule has 0 aromatic carbocycles. The normalized spacial score (nSPS) is 13.7. The summed E-state index contributed by atoms with van der Waals surface area (Å²) in [4.78, 5) is 24.5. The van der Waals surface area contributed by atoms with Crippen LogP contribution in [-0.4, -0.2) is 45.1 Å². The predicted molar refractivity (Wildman–Crippen MR) is 99.7 cm³/mol. The maximum absolute atomic E-state index is 4.91. The van der Waals surface area contributed by atoms with Crippen molar-refractivity contribution in [2.24, 2.45) is 0 Å². The quantitative estimate of drug-likeness (QED) is 0.769. The average Bonchev–Trinajstić information content (AvgIpc) is 2.94. The molecule has 7 nitrogen and oxygen atoms in total. The van der Waals surface area contributed by atoms with Crippen LogP contribution in [0.15, 0.2) is 43.1 Å². The zero-order valence-electron chi connectivity index (χ0n) is 14.8. The Kier molecular flexibility index (Phi) is 4.79. The van der Waals surface area contributed by atoms with Crippen LogP contribution in [0.2, 0.25) is 0 Å². The second-order valence-corrected chi connectivity index (χ2v) is 6.33. The van der Waals surface area contributed by atoms with Crippen molar-refractivity contribution in [2.75, 3.05) is 25.0 Å². The van der Waals surface area contributed by atoms with Gasteiger partial charge in [0.25, 0.3) is 0 Å². The smallest absolute Gasteiger partial charge is 0.161 e. The zero-order chi connectivity index (χ0) is 17.8. The zero-order valence-corrected chi connectivity index (χ0v) is 14.8. The summed E-state index contributed by atoms with van der Waals surface area (Å²) in [5, 5.41) is 3.45. The molecule has 0 fully saturated rings. The van der Waals surface area contributed by atoms with Crippen LogP contribution in [0.1, 0.15) is 17.0 Å². The fourth-order valence-corrected chi connectivity index (χ4v) is 3.20. The van der Waals surface area contributed by atoms with Crippen LogP contribution >= 0.6 is 0 Å². The van der Waals surface area contributed by atoms with Gasteiger partial charge in [-0.1, -0.05) is 0 Å². The second-order valence-electron chi connectivity index (χ2n) is 6.33. The first kappa shape index (κ1) is 16.5. The lowest BCUT2D eigenvalue weighted by atomic mass is 10.1. The van der Waals surface area contributed by atoms with Gasteiger partial charge in [0.05, 0.1) is 24.1 Å². The fourth-order valence-electron chi connectivity index (χ4n) is 3.20. The summed E-state index contributed by atoms with van der Waals surface area (Å²) in [7, 11) is 2.05.